The maximum absolute atomic E-state index is 13.3. The molecule has 2 heterocycles. The molecule has 0 fully saturated rings. The van der Waals surface area contributed by atoms with Crippen molar-refractivity contribution < 1.29 is 9.13 Å². The SMILES string of the molecule is CC[C@H](C)Oc1ncc(-c2ccc(=O)n(Cc3cccc(F)c3)n2)cn1. The Morgan fingerprint density at radius 2 is 1.96 bits per heavy atom. The molecule has 0 amide bonds. The maximum Gasteiger partial charge on any atom is 0.316 e. The molecule has 0 aliphatic heterocycles. The number of hydrogen-bond acceptors (Lipinski definition) is 5. The smallest absolute Gasteiger partial charge is 0.316 e. The fourth-order valence-corrected chi connectivity index (χ4v) is 2.30. The molecule has 0 bridgehead atoms. The van der Waals surface area contributed by atoms with Crippen molar-refractivity contribution in [1.29, 1.82) is 0 Å². The van der Waals surface area contributed by atoms with Crippen LogP contribution in [0, 0.1) is 5.82 Å². The van der Waals surface area contributed by atoms with Crippen LogP contribution in [0.4, 0.5) is 4.39 Å². The minimum Gasteiger partial charge on any atom is -0.460 e. The monoisotopic (exact) mass is 354 g/mol. The van der Waals surface area contributed by atoms with Gasteiger partial charge in [0.1, 0.15) is 5.82 Å². The Bertz CT molecular complexity index is 941. The van der Waals surface area contributed by atoms with Gasteiger partial charge in [0, 0.05) is 24.0 Å². The number of hydrogen-bond donors (Lipinski definition) is 0. The molecule has 0 radical (unpaired) electrons. The van der Waals surface area contributed by atoms with Crippen LogP contribution in [0.3, 0.4) is 0 Å². The van der Waals surface area contributed by atoms with Gasteiger partial charge in [0.15, 0.2) is 0 Å². The van der Waals surface area contributed by atoms with Crippen LogP contribution >= 0.6 is 0 Å². The summed E-state index contributed by atoms with van der Waals surface area (Å²) in [5.74, 6) is -0.350. The van der Waals surface area contributed by atoms with Crippen molar-refractivity contribution in [2.75, 3.05) is 0 Å². The van der Waals surface area contributed by atoms with Crippen LogP contribution in [0.5, 0.6) is 6.01 Å². The highest BCUT2D eigenvalue weighted by atomic mass is 19.1. The van der Waals surface area contributed by atoms with E-state index in [4.69, 9.17) is 4.74 Å². The van der Waals surface area contributed by atoms with E-state index < -0.39 is 0 Å². The third kappa shape index (κ3) is 4.30. The minimum absolute atomic E-state index is 0.0344. The Balaban J connectivity index is 1.84. The number of halogens is 1. The lowest BCUT2D eigenvalue weighted by molar-refractivity contribution is 0.199. The first-order chi connectivity index (χ1) is 12.5. The van der Waals surface area contributed by atoms with E-state index in [1.54, 1.807) is 30.6 Å². The molecule has 2 aromatic heterocycles. The lowest BCUT2D eigenvalue weighted by atomic mass is 10.2. The first-order valence-electron chi connectivity index (χ1n) is 8.37. The number of rotatable bonds is 6. The van der Waals surface area contributed by atoms with Gasteiger partial charge in [-0.25, -0.2) is 19.0 Å². The second-order valence-corrected chi connectivity index (χ2v) is 5.94. The Labute approximate surface area is 150 Å². The predicted molar refractivity (Wildman–Crippen MR) is 95.4 cm³/mol. The van der Waals surface area contributed by atoms with Gasteiger partial charge in [0.2, 0.25) is 0 Å². The Kier molecular flexibility index (Phi) is 5.36. The number of nitrogens with zero attached hydrogens (tertiary/aromatic N) is 4. The highest BCUT2D eigenvalue weighted by molar-refractivity contribution is 5.55. The zero-order chi connectivity index (χ0) is 18.5. The quantitative estimate of drug-likeness (QED) is 0.680. The predicted octanol–water partition coefficient (Wildman–Crippen LogP) is 3.07. The van der Waals surface area contributed by atoms with Crippen LogP contribution in [0.1, 0.15) is 25.8 Å². The van der Waals surface area contributed by atoms with Gasteiger partial charge in [0.05, 0.1) is 18.3 Å². The summed E-state index contributed by atoms with van der Waals surface area (Å²) in [5.41, 5.74) is 1.60. The highest BCUT2D eigenvalue weighted by Gasteiger charge is 2.08. The van der Waals surface area contributed by atoms with Crippen LogP contribution in [-0.4, -0.2) is 25.9 Å². The largest absolute Gasteiger partial charge is 0.460 e. The van der Waals surface area contributed by atoms with Crippen LogP contribution in [0.15, 0.2) is 53.6 Å². The van der Waals surface area contributed by atoms with Crippen molar-refractivity contribution in [1.82, 2.24) is 19.7 Å². The second-order valence-electron chi connectivity index (χ2n) is 5.94. The fraction of sp³-hybridized carbons (Fsp3) is 0.263. The summed E-state index contributed by atoms with van der Waals surface area (Å²) >= 11 is 0. The van der Waals surface area contributed by atoms with Gasteiger partial charge in [0.25, 0.3) is 5.56 Å². The fourth-order valence-electron chi connectivity index (χ4n) is 2.30. The Morgan fingerprint density at radius 1 is 1.19 bits per heavy atom. The Hall–Kier alpha value is -3.09. The van der Waals surface area contributed by atoms with Crippen molar-refractivity contribution in [3.63, 3.8) is 0 Å². The molecule has 0 spiro atoms. The lowest BCUT2D eigenvalue weighted by Crippen LogP contribution is -2.22. The summed E-state index contributed by atoms with van der Waals surface area (Å²) in [6, 6.07) is 9.42. The molecule has 7 heteroatoms. The van der Waals surface area contributed by atoms with Gasteiger partial charge in [-0.3, -0.25) is 4.79 Å². The minimum atomic E-state index is -0.350. The van der Waals surface area contributed by atoms with Gasteiger partial charge in [-0.05, 0) is 37.1 Å². The summed E-state index contributed by atoms with van der Waals surface area (Å²) in [5, 5.41) is 4.34. The second kappa shape index (κ2) is 7.86. The molecule has 0 N–H and O–H groups in total. The zero-order valence-electron chi connectivity index (χ0n) is 14.6. The van der Waals surface area contributed by atoms with Gasteiger partial charge >= 0.3 is 6.01 Å². The summed E-state index contributed by atoms with van der Waals surface area (Å²) in [4.78, 5) is 20.4. The number of aromatic nitrogens is 4. The van der Waals surface area contributed by atoms with Crippen LogP contribution in [0.2, 0.25) is 0 Å². The van der Waals surface area contributed by atoms with Crippen LogP contribution in [-0.2, 0) is 6.54 Å². The van der Waals surface area contributed by atoms with E-state index in [9.17, 15) is 9.18 Å². The average Bonchev–Trinajstić information content (AvgIpc) is 2.64. The first kappa shape index (κ1) is 17.7. The van der Waals surface area contributed by atoms with Crippen molar-refractivity contribution in [2.24, 2.45) is 0 Å². The van der Waals surface area contributed by atoms with Crippen LogP contribution in [0.25, 0.3) is 11.3 Å². The van der Waals surface area contributed by atoms with Crippen LogP contribution < -0.4 is 10.3 Å². The van der Waals surface area contributed by atoms with E-state index >= 15 is 0 Å². The Morgan fingerprint density at radius 3 is 2.65 bits per heavy atom. The first-order valence-corrected chi connectivity index (χ1v) is 8.37. The van der Waals surface area contributed by atoms with E-state index in [0.29, 0.717) is 22.8 Å². The van der Waals surface area contributed by atoms with E-state index in [-0.39, 0.29) is 24.0 Å². The van der Waals surface area contributed by atoms with Crippen molar-refractivity contribution in [2.45, 2.75) is 32.9 Å². The lowest BCUT2D eigenvalue weighted by Gasteiger charge is -2.10. The summed E-state index contributed by atoms with van der Waals surface area (Å²) in [6.45, 7) is 4.15. The topological polar surface area (TPSA) is 69.9 Å². The summed E-state index contributed by atoms with van der Waals surface area (Å²) < 4.78 is 20.2. The molecular weight excluding hydrogens is 335 g/mol. The van der Waals surface area contributed by atoms with Gasteiger partial charge in [-0.1, -0.05) is 19.1 Å². The van der Waals surface area contributed by atoms with E-state index in [1.807, 2.05) is 13.8 Å². The highest BCUT2D eigenvalue weighted by Crippen LogP contribution is 2.16. The molecule has 26 heavy (non-hydrogen) atoms. The molecule has 134 valence electrons. The molecule has 0 unspecified atom stereocenters. The zero-order valence-corrected chi connectivity index (χ0v) is 14.6. The van der Waals surface area contributed by atoms with Gasteiger partial charge in [-0.2, -0.15) is 5.10 Å². The molecular formula is C19H19FN4O2. The molecule has 0 saturated carbocycles. The van der Waals surface area contributed by atoms with Gasteiger partial charge < -0.3 is 4.74 Å². The van der Waals surface area contributed by atoms with Crippen molar-refractivity contribution in [3.05, 3.63) is 70.5 Å². The van der Waals surface area contributed by atoms with E-state index in [0.717, 1.165) is 6.42 Å². The molecule has 3 aromatic rings. The normalized spacial score (nSPS) is 12.0. The molecule has 6 nitrogen and oxygen atoms in total. The standard InChI is InChI=1S/C19H19FN4O2/c1-3-13(2)26-19-21-10-15(11-22-19)17-7-8-18(25)24(23-17)12-14-5-4-6-16(20)9-14/h4-11,13H,3,12H2,1-2H3/t13-/m0/s1. The van der Waals surface area contributed by atoms with E-state index in [1.165, 1.54) is 22.9 Å². The third-order valence-electron chi connectivity index (χ3n) is 3.89. The van der Waals surface area contributed by atoms with E-state index in [2.05, 4.69) is 15.1 Å². The maximum atomic E-state index is 13.3. The molecule has 1 aromatic carbocycles. The summed E-state index contributed by atoms with van der Waals surface area (Å²) in [6.07, 6.45) is 4.10. The molecule has 1 atom stereocenters. The van der Waals surface area contributed by atoms with Crippen molar-refractivity contribution >= 4 is 0 Å². The molecule has 0 aliphatic carbocycles. The molecule has 0 aliphatic rings. The van der Waals surface area contributed by atoms with Gasteiger partial charge in [-0.15, -0.1) is 0 Å². The van der Waals surface area contributed by atoms with Crippen molar-refractivity contribution in [3.8, 4) is 17.3 Å². The third-order valence-corrected chi connectivity index (χ3v) is 3.89. The molecule has 3 rings (SSSR count). The summed E-state index contributed by atoms with van der Waals surface area (Å²) in [7, 11) is 0. The number of benzene rings is 1. The molecule has 0 saturated heterocycles. The number of ether oxygens (including phenoxy) is 1. The average molecular weight is 354 g/mol.